The Hall–Kier alpha value is -3.80. The lowest BCUT2D eigenvalue weighted by atomic mass is 10.00. The van der Waals surface area contributed by atoms with Crippen LogP contribution in [0.3, 0.4) is 0 Å². The summed E-state index contributed by atoms with van der Waals surface area (Å²) < 4.78 is 83.8. The van der Waals surface area contributed by atoms with Crippen LogP contribution in [0.15, 0.2) is 41.4 Å². The van der Waals surface area contributed by atoms with Crippen molar-refractivity contribution in [1.29, 1.82) is 0 Å². The summed E-state index contributed by atoms with van der Waals surface area (Å²) in [6.07, 6.45) is 0.826. The molecule has 7 nitrogen and oxygen atoms in total. The molecule has 0 radical (unpaired) electrons. The number of aromatic amines is 1. The number of halogens is 4. The third-order valence-corrected chi connectivity index (χ3v) is 6.78. The van der Waals surface area contributed by atoms with Crippen molar-refractivity contribution < 1.29 is 30.8 Å². The molecule has 12 heteroatoms. The summed E-state index contributed by atoms with van der Waals surface area (Å²) in [5.74, 6) is -6.11. The molecule has 0 unspecified atom stereocenters. The van der Waals surface area contributed by atoms with Gasteiger partial charge in [-0.2, -0.15) is 5.10 Å². The normalized spacial score (nSPS) is 11.8. The van der Waals surface area contributed by atoms with E-state index < -0.39 is 66.4 Å². The van der Waals surface area contributed by atoms with Gasteiger partial charge in [-0.15, -0.1) is 0 Å². The number of aromatic nitrogens is 3. The zero-order valence-electron chi connectivity index (χ0n) is 16.8. The lowest BCUT2D eigenvalue weighted by molar-refractivity contribution is 0.0997. The van der Waals surface area contributed by atoms with Crippen molar-refractivity contribution in [3.63, 3.8) is 0 Å². The van der Waals surface area contributed by atoms with E-state index in [-0.39, 0.29) is 22.3 Å². The SMILES string of the molecule is Cc1ncc(F)cc1S(=O)(=O)Cc1cc(F)cc(-c2ccc3c(C(N)=O)[nH]nc3c2F)c1F. The summed E-state index contributed by atoms with van der Waals surface area (Å²) in [7, 11) is -4.33. The molecule has 0 aliphatic heterocycles. The van der Waals surface area contributed by atoms with E-state index in [0.717, 1.165) is 18.3 Å². The van der Waals surface area contributed by atoms with Gasteiger partial charge in [0.25, 0.3) is 5.91 Å². The van der Waals surface area contributed by atoms with Gasteiger partial charge in [0.05, 0.1) is 22.5 Å². The number of carbonyl (C=O) groups excluding carboxylic acids is 1. The fourth-order valence-corrected chi connectivity index (χ4v) is 5.05. The number of nitrogens with zero attached hydrogens (tertiary/aromatic N) is 2. The zero-order valence-corrected chi connectivity index (χ0v) is 17.6. The van der Waals surface area contributed by atoms with Crippen LogP contribution in [-0.4, -0.2) is 29.5 Å². The van der Waals surface area contributed by atoms with Gasteiger partial charge < -0.3 is 5.73 Å². The maximum absolute atomic E-state index is 15.3. The Kier molecular flexibility index (Phi) is 5.40. The molecule has 1 amide bonds. The number of aryl methyl sites for hydroxylation is 1. The molecule has 0 bridgehead atoms. The molecule has 33 heavy (non-hydrogen) atoms. The Morgan fingerprint density at radius 1 is 1.03 bits per heavy atom. The number of hydrogen-bond donors (Lipinski definition) is 2. The Balaban J connectivity index is 1.84. The van der Waals surface area contributed by atoms with Crippen molar-refractivity contribution in [2.24, 2.45) is 5.73 Å². The minimum atomic E-state index is -4.33. The second-order valence-corrected chi connectivity index (χ2v) is 9.17. The number of rotatable bonds is 5. The maximum Gasteiger partial charge on any atom is 0.267 e. The molecule has 2 aromatic carbocycles. The molecule has 3 N–H and O–H groups in total. The van der Waals surface area contributed by atoms with Crippen LogP contribution in [-0.2, 0) is 15.6 Å². The highest BCUT2D eigenvalue weighted by molar-refractivity contribution is 7.90. The van der Waals surface area contributed by atoms with Crippen molar-refractivity contribution in [1.82, 2.24) is 15.2 Å². The molecular weight excluding hydrogens is 464 g/mol. The van der Waals surface area contributed by atoms with E-state index in [4.69, 9.17) is 5.73 Å². The molecule has 2 aromatic heterocycles. The molecule has 0 aliphatic rings. The fraction of sp³-hybridized carbons (Fsp3) is 0.0952. The van der Waals surface area contributed by atoms with Crippen molar-refractivity contribution >= 4 is 26.6 Å². The van der Waals surface area contributed by atoms with Gasteiger partial charge in [-0.05, 0) is 31.2 Å². The molecule has 170 valence electrons. The minimum Gasteiger partial charge on any atom is -0.364 e. The predicted molar refractivity (Wildman–Crippen MR) is 110 cm³/mol. The van der Waals surface area contributed by atoms with Crippen LogP contribution in [0, 0.1) is 30.2 Å². The second-order valence-electron chi connectivity index (χ2n) is 7.21. The first-order valence-electron chi connectivity index (χ1n) is 9.29. The van der Waals surface area contributed by atoms with Gasteiger partial charge in [0.1, 0.15) is 28.7 Å². The van der Waals surface area contributed by atoms with Crippen LogP contribution in [0.2, 0.25) is 0 Å². The monoisotopic (exact) mass is 478 g/mol. The average molecular weight is 478 g/mol. The van der Waals surface area contributed by atoms with Crippen molar-refractivity contribution in [2.45, 2.75) is 17.6 Å². The van der Waals surface area contributed by atoms with Crippen molar-refractivity contribution in [2.75, 3.05) is 0 Å². The fourth-order valence-electron chi connectivity index (χ4n) is 3.48. The van der Waals surface area contributed by atoms with Gasteiger partial charge in [-0.1, -0.05) is 6.07 Å². The lowest BCUT2D eigenvalue weighted by Gasteiger charge is -2.12. The minimum absolute atomic E-state index is 0.0197. The van der Waals surface area contributed by atoms with Crippen LogP contribution in [0.5, 0.6) is 0 Å². The Morgan fingerprint density at radius 3 is 2.45 bits per heavy atom. The van der Waals surface area contributed by atoms with Crippen LogP contribution in [0.1, 0.15) is 21.7 Å². The number of H-pyrrole nitrogens is 1. The average Bonchev–Trinajstić information content (AvgIpc) is 3.18. The van der Waals surface area contributed by atoms with E-state index in [2.05, 4.69) is 15.2 Å². The molecule has 0 saturated carbocycles. The van der Waals surface area contributed by atoms with Gasteiger partial charge >= 0.3 is 0 Å². The van der Waals surface area contributed by atoms with Gasteiger partial charge in [0.2, 0.25) is 0 Å². The number of nitrogens with one attached hydrogen (secondary N) is 1. The lowest BCUT2D eigenvalue weighted by Crippen LogP contribution is -2.11. The summed E-state index contributed by atoms with van der Waals surface area (Å²) in [5.41, 5.74) is 3.11. The maximum atomic E-state index is 15.3. The van der Waals surface area contributed by atoms with Crippen LogP contribution in [0.25, 0.3) is 22.0 Å². The number of pyridine rings is 1. The summed E-state index contributed by atoms with van der Waals surface area (Å²) in [5, 5.41) is 5.98. The van der Waals surface area contributed by atoms with Crippen LogP contribution >= 0.6 is 0 Å². The first-order chi connectivity index (χ1) is 15.5. The second kappa shape index (κ2) is 7.96. The van der Waals surface area contributed by atoms with Gasteiger partial charge in [0, 0.05) is 22.1 Å². The smallest absolute Gasteiger partial charge is 0.267 e. The molecule has 2 heterocycles. The standard InChI is InChI=1S/C21H14F4N4O3S/c1-9-16(6-12(23)7-27-9)33(31,32)8-10-4-11(22)5-15(17(10)24)13-2-3-14-19(18(13)25)28-29-20(14)21(26)30/h2-7H,8H2,1H3,(H2,26,30)(H,28,29). The number of amides is 1. The van der Waals surface area contributed by atoms with E-state index in [1.807, 2.05) is 0 Å². The Labute approximate surface area is 184 Å². The van der Waals surface area contributed by atoms with Crippen LogP contribution < -0.4 is 5.73 Å². The summed E-state index contributed by atoms with van der Waals surface area (Å²) in [4.78, 5) is 14.6. The zero-order chi connectivity index (χ0) is 24.1. The molecule has 0 aliphatic carbocycles. The molecule has 0 atom stereocenters. The Bertz CT molecular complexity index is 1550. The highest BCUT2D eigenvalue weighted by Crippen LogP contribution is 2.34. The third kappa shape index (κ3) is 3.93. The summed E-state index contributed by atoms with van der Waals surface area (Å²) in [6.45, 7) is 1.33. The van der Waals surface area contributed by atoms with E-state index in [9.17, 15) is 22.0 Å². The number of benzene rings is 2. The highest BCUT2D eigenvalue weighted by Gasteiger charge is 2.25. The van der Waals surface area contributed by atoms with E-state index in [1.54, 1.807) is 0 Å². The number of primary amides is 1. The highest BCUT2D eigenvalue weighted by atomic mass is 32.2. The van der Waals surface area contributed by atoms with E-state index >= 15 is 8.78 Å². The van der Waals surface area contributed by atoms with E-state index in [1.165, 1.54) is 13.0 Å². The number of nitrogens with two attached hydrogens (primary N) is 1. The number of fused-ring (bicyclic) bond motifs is 1. The third-order valence-electron chi connectivity index (χ3n) is 5.00. The van der Waals surface area contributed by atoms with Crippen molar-refractivity contribution in [3.8, 4) is 11.1 Å². The van der Waals surface area contributed by atoms with E-state index in [0.29, 0.717) is 12.1 Å². The molecule has 0 saturated heterocycles. The van der Waals surface area contributed by atoms with Gasteiger partial charge in [0.15, 0.2) is 15.7 Å². The first kappa shape index (κ1) is 22.4. The molecule has 0 fully saturated rings. The number of hydrogen-bond acceptors (Lipinski definition) is 5. The quantitative estimate of drug-likeness (QED) is 0.425. The van der Waals surface area contributed by atoms with Crippen LogP contribution in [0.4, 0.5) is 17.6 Å². The van der Waals surface area contributed by atoms with Crippen molar-refractivity contribution in [3.05, 3.63) is 76.7 Å². The summed E-state index contributed by atoms with van der Waals surface area (Å²) >= 11 is 0. The summed E-state index contributed by atoms with van der Waals surface area (Å²) in [6, 6.07) is 4.44. The molecule has 4 aromatic rings. The predicted octanol–water partition coefficient (Wildman–Crippen LogP) is 3.56. The largest absolute Gasteiger partial charge is 0.364 e. The molecule has 0 spiro atoms. The van der Waals surface area contributed by atoms with Gasteiger partial charge in [-0.3, -0.25) is 14.9 Å². The Morgan fingerprint density at radius 2 is 1.76 bits per heavy atom. The molecular formula is C21H14F4N4O3S. The number of carbonyl (C=O) groups is 1. The topological polar surface area (TPSA) is 119 Å². The first-order valence-corrected chi connectivity index (χ1v) is 10.9. The molecule has 4 rings (SSSR count). The number of sulfone groups is 1. The van der Waals surface area contributed by atoms with Gasteiger partial charge in [-0.25, -0.2) is 26.0 Å².